The third-order valence-corrected chi connectivity index (χ3v) is 7.45. The molecule has 2 N–H and O–H groups in total. The molecule has 43 heavy (non-hydrogen) atoms. The van der Waals surface area contributed by atoms with Gasteiger partial charge in [-0.3, -0.25) is 15.1 Å². The van der Waals surface area contributed by atoms with Crippen LogP contribution in [0.25, 0.3) is 22.2 Å². The molecule has 0 radical (unpaired) electrons. The van der Waals surface area contributed by atoms with E-state index in [4.69, 9.17) is 18.8 Å². The minimum atomic E-state index is -0.934. The third kappa shape index (κ3) is 7.68. The summed E-state index contributed by atoms with van der Waals surface area (Å²) in [6, 6.07) is 20.6. The number of hydrogen-bond acceptors (Lipinski definition) is 10. The Bertz CT molecular complexity index is 1640. The number of carbonyl (C=O) groups is 1. The number of nitrogens with zero attached hydrogens (tertiary/aromatic N) is 3. The lowest BCUT2D eigenvalue weighted by Gasteiger charge is -2.18. The minimum absolute atomic E-state index is 0. The van der Waals surface area contributed by atoms with Gasteiger partial charge in [0.1, 0.15) is 30.5 Å². The highest BCUT2D eigenvalue weighted by Gasteiger charge is 2.23. The molecule has 2 heterocycles. The predicted molar refractivity (Wildman–Crippen MR) is 166 cm³/mol. The van der Waals surface area contributed by atoms with E-state index in [2.05, 4.69) is 48.7 Å². The van der Waals surface area contributed by atoms with Gasteiger partial charge < -0.3 is 19.3 Å². The van der Waals surface area contributed by atoms with E-state index in [0.29, 0.717) is 28.1 Å². The number of rotatable bonds is 13. The standard InChI is InChI=1S/C31H29BrN4O6.ClH/c1-2-39-31(38)25(17-37)34-16-24-26(40-18-20-8-7-13-33-15-20)14-27(30-29(24)35-42-36-30)41-19-22-11-6-12-23(28(22)32)21-9-4-3-5-10-21;/h3-15,25,34,37H,2,16-19H2,1H3;1H/t25-;/m1./s1. The van der Waals surface area contributed by atoms with E-state index >= 15 is 0 Å². The molecule has 0 saturated carbocycles. The molecule has 0 spiro atoms. The third-order valence-electron chi connectivity index (χ3n) is 6.51. The fourth-order valence-corrected chi connectivity index (χ4v) is 4.98. The van der Waals surface area contributed by atoms with Crippen LogP contribution in [-0.2, 0) is 29.3 Å². The largest absolute Gasteiger partial charge is 0.488 e. The van der Waals surface area contributed by atoms with Gasteiger partial charge in [0.25, 0.3) is 0 Å². The van der Waals surface area contributed by atoms with Crippen molar-refractivity contribution in [2.24, 2.45) is 0 Å². The zero-order chi connectivity index (χ0) is 29.3. The normalized spacial score (nSPS) is 11.5. The molecule has 0 aliphatic carbocycles. The summed E-state index contributed by atoms with van der Waals surface area (Å²) >= 11 is 3.75. The van der Waals surface area contributed by atoms with E-state index in [9.17, 15) is 9.90 Å². The predicted octanol–water partition coefficient (Wildman–Crippen LogP) is 5.64. The van der Waals surface area contributed by atoms with E-state index in [1.54, 1.807) is 25.4 Å². The highest BCUT2D eigenvalue weighted by atomic mass is 79.9. The highest BCUT2D eigenvalue weighted by molar-refractivity contribution is 9.10. The lowest BCUT2D eigenvalue weighted by molar-refractivity contribution is -0.146. The van der Waals surface area contributed by atoms with E-state index < -0.39 is 18.6 Å². The average molecular weight is 670 g/mol. The Kier molecular flexibility index (Phi) is 11.5. The van der Waals surface area contributed by atoms with Crippen LogP contribution in [0.15, 0.2) is 88.2 Å². The molecule has 0 unspecified atom stereocenters. The second-order valence-electron chi connectivity index (χ2n) is 9.26. The van der Waals surface area contributed by atoms with E-state index in [-0.39, 0.29) is 38.8 Å². The number of benzene rings is 3. The first-order valence-corrected chi connectivity index (χ1v) is 14.1. The monoisotopic (exact) mass is 668 g/mol. The van der Waals surface area contributed by atoms with Crippen molar-refractivity contribution in [1.29, 1.82) is 0 Å². The van der Waals surface area contributed by atoms with Gasteiger partial charge in [-0.2, -0.15) is 0 Å². The van der Waals surface area contributed by atoms with Crippen LogP contribution in [0.5, 0.6) is 11.5 Å². The number of nitrogens with one attached hydrogen (secondary N) is 1. The molecule has 0 saturated heterocycles. The topological polar surface area (TPSA) is 129 Å². The first kappa shape index (κ1) is 31.9. The zero-order valence-electron chi connectivity index (χ0n) is 23.2. The van der Waals surface area contributed by atoms with Crippen molar-refractivity contribution in [3.63, 3.8) is 0 Å². The molecule has 1 atom stereocenters. The molecule has 5 aromatic rings. The lowest BCUT2D eigenvalue weighted by atomic mass is 10.0. The van der Waals surface area contributed by atoms with Gasteiger partial charge in [0.15, 0.2) is 11.3 Å². The van der Waals surface area contributed by atoms with Crippen LogP contribution in [0, 0.1) is 0 Å². The van der Waals surface area contributed by atoms with Crippen molar-refractivity contribution in [1.82, 2.24) is 20.6 Å². The number of carbonyl (C=O) groups excluding carboxylic acids is 1. The number of pyridine rings is 1. The molecular formula is C31H30BrClN4O6. The van der Waals surface area contributed by atoms with Crippen molar-refractivity contribution in [3.05, 3.63) is 100 Å². The van der Waals surface area contributed by atoms with Crippen LogP contribution >= 0.6 is 28.3 Å². The van der Waals surface area contributed by atoms with Gasteiger partial charge in [-0.05, 0) is 50.4 Å². The fourth-order valence-electron chi connectivity index (χ4n) is 4.37. The van der Waals surface area contributed by atoms with Gasteiger partial charge in [0.2, 0.25) is 0 Å². The van der Waals surface area contributed by atoms with Gasteiger partial charge in [0, 0.05) is 46.2 Å². The van der Waals surface area contributed by atoms with Crippen molar-refractivity contribution < 1.29 is 28.7 Å². The quantitative estimate of drug-likeness (QED) is 0.152. The highest BCUT2D eigenvalue weighted by Crippen LogP contribution is 2.36. The van der Waals surface area contributed by atoms with Crippen LogP contribution in [0.2, 0.25) is 0 Å². The zero-order valence-corrected chi connectivity index (χ0v) is 25.6. The van der Waals surface area contributed by atoms with Gasteiger partial charge in [-0.15, -0.1) is 12.4 Å². The van der Waals surface area contributed by atoms with Gasteiger partial charge in [-0.1, -0.05) is 54.6 Å². The molecule has 10 nitrogen and oxygen atoms in total. The van der Waals surface area contributed by atoms with Crippen molar-refractivity contribution in [2.45, 2.75) is 32.7 Å². The van der Waals surface area contributed by atoms with E-state index in [0.717, 1.165) is 26.7 Å². The number of fused-ring (bicyclic) bond motifs is 1. The number of ether oxygens (including phenoxy) is 3. The number of aliphatic hydroxyl groups is 1. The Balaban J connectivity index is 0.00000423. The molecule has 0 aliphatic heterocycles. The van der Waals surface area contributed by atoms with Crippen molar-refractivity contribution in [3.8, 4) is 22.6 Å². The second-order valence-corrected chi connectivity index (χ2v) is 10.1. The van der Waals surface area contributed by atoms with Gasteiger partial charge >= 0.3 is 5.97 Å². The molecule has 5 rings (SSSR count). The van der Waals surface area contributed by atoms with Crippen LogP contribution in [0.4, 0.5) is 0 Å². The Morgan fingerprint density at radius 2 is 1.79 bits per heavy atom. The maximum atomic E-state index is 12.3. The molecule has 0 amide bonds. The molecule has 3 aromatic carbocycles. The summed E-state index contributed by atoms with van der Waals surface area (Å²) in [5.74, 6) is 0.301. The molecule has 0 fully saturated rings. The summed E-state index contributed by atoms with van der Waals surface area (Å²) in [5, 5.41) is 21.0. The van der Waals surface area contributed by atoms with Crippen LogP contribution in [0.1, 0.15) is 23.6 Å². The number of aliphatic hydroxyl groups excluding tert-OH is 1. The number of aromatic nitrogens is 3. The first-order valence-electron chi connectivity index (χ1n) is 13.3. The summed E-state index contributed by atoms with van der Waals surface area (Å²) in [5.41, 5.74) is 5.31. The fraction of sp³-hybridized carbons (Fsp3) is 0.226. The number of esters is 1. The molecule has 12 heteroatoms. The Morgan fingerprint density at radius 1 is 1.00 bits per heavy atom. The maximum Gasteiger partial charge on any atom is 0.325 e. The summed E-state index contributed by atoms with van der Waals surface area (Å²) in [7, 11) is 0. The smallest absolute Gasteiger partial charge is 0.325 e. The SMILES string of the molecule is CCOC(=O)[C@@H](CO)NCc1c(OCc2cccnc2)cc(OCc2cccc(-c3ccccc3)c2Br)c2nonc12.Cl. The summed E-state index contributed by atoms with van der Waals surface area (Å²) < 4.78 is 23.6. The van der Waals surface area contributed by atoms with Crippen molar-refractivity contribution in [2.75, 3.05) is 13.2 Å². The lowest BCUT2D eigenvalue weighted by Crippen LogP contribution is -2.40. The summed E-state index contributed by atoms with van der Waals surface area (Å²) in [6.45, 7) is 2.04. The second kappa shape index (κ2) is 15.4. The maximum absolute atomic E-state index is 12.3. The number of halogens is 2. The number of hydrogen-bond donors (Lipinski definition) is 2. The Morgan fingerprint density at radius 3 is 2.53 bits per heavy atom. The van der Waals surface area contributed by atoms with Crippen molar-refractivity contribution >= 4 is 45.3 Å². The molecule has 0 bridgehead atoms. The Labute approximate surface area is 262 Å². The van der Waals surface area contributed by atoms with Crippen LogP contribution in [-0.4, -0.2) is 45.6 Å². The summed E-state index contributed by atoms with van der Waals surface area (Å²) in [6.07, 6.45) is 3.40. The Hall–Kier alpha value is -4.03. The molecule has 0 aliphatic rings. The van der Waals surface area contributed by atoms with Gasteiger partial charge in [0.05, 0.1) is 13.2 Å². The van der Waals surface area contributed by atoms with E-state index in [1.807, 2.05) is 48.5 Å². The molecule has 224 valence electrons. The first-order chi connectivity index (χ1) is 20.6. The molecule has 2 aromatic heterocycles. The van der Waals surface area contributed by atoms with E-state index in [1.165, 1.54) is 0 Å². The van der Waals surface area contributed by atoms with Crippen LogP contribution < -0.4 is 14.8 Å². The van der Waals surface area contributed by atoms with Crippen LogP contribution in [0.3, 0.4) is 0 Å². The van der Waals surface area contributed by atoms with Gasteiger partial charge in [-0.25, -0.2) is 4.63 Å². The molecular weight excluding hydrogens is 640 g/mol. The minimum Gasteiger partial charge on any atom is -0.488 e. The summed E-state index contributed by atoms with van der Waals surface area (Å²) in [4.78, 5) is 16.4. The average Bonchev–Trinajstić information content (AvgIpc) is 3.52.